The number of rotatable bonds is 3. The summed E-state index contributed by atoms with van der Waals surface area (Å²) in [6, 6.07) is 5.60. The Balaban J connectivity index is 1.37. The summed E-state index contributed by atoms with van der Waals surface area (Å²) in [4.78, 5) is 12.3. The van der Waals surface area contributed by atoms with E-state index in [-0.39, 0.29) is 24.0 Å². The quantitative estimate of drug-likeness (QED) is 0.689. The monoisotopic (exact) mass is 300 g/mol. The molecule has 1 aromatic rings. The Morgan fingerprint density at radius 3 is 3.05 bits per heavy atom. The molecule has 3 unspecified atom stereocenters. The van der Waals surface area contributed by atoms with Crippen molar-refractivity contribution in [3.63, 3.8) is 0 Å². The third-order valence-corrected chi connectivity index (χ3v) is 5.40. The van der Waals surface area contributed by atoms with Crippen molar-refractivity contribution < 1.29 is 14.3 Å². The highest BCUT2D eigenvalue weighted by Crippen LogP contribution is 2.66. The van der Waals surface area contributed by atoms with Crippen LogP contribution in [0.4, 0.5) is 0 Å². The maximum atomic E-state index is 12.3. The van der Waals surface area contributed by atoms with Crippen molar-refractivity contribution in [1.82, 2.24) is 5.43 Å². The van der Waals surface area contributed by atoms with Crippen LogP contribution in [0.25, 0.3) is 0 Å². The van der Waals surface area contributed by atoms with Gasteiger partial charge in [-0.2, -0.15) is 5.10 Å². The van der Waals surface area contributed by atoms with Crippen molar-refractivity contribution in [3.05, 3.63) is 23.8 Å². The molecule has 3 atom stereocenters. The molecule has 1 aromatic carbocycles. The van der Waals surface area contributed by atoms with Gasteiger partial charge >= 0.3 is 0 Å². The van der Waals surface area contributed by atoms with E-state index in [9.17, 15) is 4.79 Å². The van der Waals surface area contributed by atoms with Crippen molar-refractivity contribution in [1.29, 1.82) is 0 Å². The molecule has 0 radical (unpaired) electrons. The largest absolute Gasteiger partial charge is 0.454 e. The van der Waals surface area contributed by atoms with Gasteiger partial charge in [-0.15, -0.1) is 0 Å². The second-order valence-corrected chi connectivity index (χ2v) is 6.68. The molecule has 2 aliphatic carbocycles. The Morgan fingerprint density at radius 1 is 1.36 bits per heavy atom. The van der Waals surface area contributed by atoms with Gasteiger partial charge in [-0.1, -0.05) is 19.8 Å². The summed E-state index contributed by atoms with van der Waals surface area (Å²) in [5.74, 6) is 2.23. The number of amides is 1. The lowest BCUT2D eigenvalue weighted by atomic mass is 9.90. The summed E-state index contributed by atoms with van der Waals surface area (Å²) in [7, 11) is 0. The van der Waals surface area contributed by atoms with Crippen LogP contribution in [0.1, 0.15) is 38.2 Å². The summed E-state index contributed by atoms with van der Waals surface area (Å²) < 4.78 is 10.6. The average Bonchev–Trinajstić information content (AvgIpc) is 2.88. The maximum absolute atomic E-state index is 12.3. The maximum Gasteiger partial charge on any atom is 0.244 e. The van der Waals surface area contributed by atoms with E-state index in [1.54, 1.807) is 6.21 Å². The van der Waals surface area contributed by atoms with Crippen molar-refractivity contribution in [2.45, 2.75) is 32.6 Å². The molecule has 1 heterocycles. The van der Waals surface area contributed by atoms with Crippen LogP contribution in [0, 0.1) is 17.3 Å². The summed E-state index contributed by atoms with van der Waals surface area (Å²) in [5, 5.41) is 4.10. The minimum Gasteiger partial charge on any atom is -0.454 e. The first-order chi connectivity index (χ1) is 10.7. The van der Waals surface area contributed by atoms with Gasteiger partial charge in [0.05, 0.1) is 6.21 Å². The third kappa shape index (κ3) is 2.16. The molecule has 22 heavy (non-hydrogen) atoms. The van der Waals surface area contributed by atoms with Gasteiger partial charge in [-0.25, -0.2) is 5.43 Å². The Morgan fingerprint density at radius 2 is 2.23 bits per heavy atom. The van der Waals surface area contributed by atoms with Gasteiger partial charge in [-0.05, 0) is 47.9 Å². The van der Waals surface area contributed by atoms with Crippen molar-refractivity contribution in [3.8, 4) is 11.5 Å². The zero-order chi connectivity index (χ0) is 15.2. The fourth-order valence-corrected chi connectivity index (χ4v) is 4.08. The lowest BCUT2D eigenvalue weighted by molar-refractivity contribution is -0.123. The van der Waals surface area contributed by atoms with Gasteiger partial charge < -0.3 is 9.47 Å². The number of carbonyl (C=O) groups is 1. The smallest absolute Gasteiger partial charge is 0.244 e. The van der Waals surface area contributed by atoms with E-state index < -0.39 is 0 Å². The molecule has 2 fully saturated rings. The van der Waals surface area contributed by atoms with E-state index >= 15 is 0 Å². The lowest BCUT2D eigenvalue weighted by Gasteiger charge is -2.15. The molecular formula is C17H20N2O3. The molecule has 1 N–H and O–H groups in total. The normalized spacial score (nSPS) is 31.9. The fourth-order valence-electron chi connectivity index (χ4n) is 4.08. The molecule has 0 saturated heterocycles. The molecule has 5 nitrogen and oxygen atoms in total. The van der Waals surface area contributed by atoms with Crippen LogP contribution in [0.3, 0.4) is 0 Å². The first-order valence-corrected chi connectivity index (χ1v) is 7.91. The number of nitrogens with zero attached hydrogens (tertiary/aromatic N) is 1. The lowest BCUT2D eigenvalue weighted by Crippen LogP contribution is -2.22. The molecule has 1 aliphatic heterocycles. The van der Waals surface area contributed by atoms with Gasteiger partial charge in [0.2, 0.25) is 12.7 Å². The van der Waals surface area contributed by atoms with Gasteiger partial charge in [0.1, 0.15) is 0 Å². The van der Waals surface area contributed by atoms with E-state index in [0.717, 1.165) is 17.1 Å². The van der Waals surface area contributed by atoms with Crippen LogP contribution in [0.2, 0.25) is 0 Å². The highest BCUT2D eigenvalue weighted by Gasteiger charge is 2.64. The number of benzene rings is 1. The number of hydrazone groups is 1. The van der Waals surface area contributed by atoms with Crippen molar-refractivity contribution in [2.24, 2.45) is 22.4 Å². The van der Waals surface area contributed by atoms with Crippen LogP contribution in [-0.4, -0.2) is 18.9 Å². The molecule has 0 bridgehead atoms. The van der Waals surface area contributed by atoms with Crippen LogP contribution >= 0.6 is 0 Å². The highest BCUT2D eigenvalue weighted by molar-refractivity contribution is 5.86. The predicted octanol–water partition coefficient (Wildman–Crippen LogP) is 2.69. The average molecular weight is 300 g/mol. The Bertz CT molecular complexity index is 643. The van der Waals surface area contributed by atoms with Gasteiger partial charge in [0.25, 0.3) is 0 Å². The van der Waals surface area contributed by atoms with E-state index in [2.05, 4.69) is 17.5 Å². The number of nitrogens with one attached hydrogen (secondary N) is 1. The van der Waals surface area contributed by atoms with Crippen molar-refractivity contribution in [2.75, 3.05) is 6.79 Å². The molecule has 116 valence electrons. The molecule has 5 heteroatoms. The Kier molecular flexibility index (Phi) is 3.10. The fraction of sp³-hybridized carbons (Fsp3) is 0.529. The number of fused-ring (bicyclic) bond motifs is 2. The second-order valence-electron chi connectivity index (χ2n) is 6.68. The van der Waals surface area contributed by atoms with E-state index in [4.69, 9.17) is 9.47 Å². The molecule has 0 spiro atoms. The van der Waals surface area contributed by atoms with Gasteiger partial charge in [0, 0.05) is 5.92 Å². The molecule has 3 aliphatic rings. The number of ether oxygens (including phenoxy) is 2. The topological polar surface area (TPSA) is 59.9 Å². The molecule has 0 aromatic heterocycles. The minimum absolute atomic E-state index is 0.0615. The van der Waals surface area contributed by atoms with Crippen LogP contribution < -0.4 is 14.9 Å². The minimum atomic E-state index is 0.0615. The first kappa shape index (κ1) is 13.6. The summed E-state index contributed by atoms with van der Waals surface area (Å²) >= 11 is 0. The zero-order valence-electron chi connectivity index (χ0n) is 12.7. The Hall–Kier alpha value is -2.04. The molecule has 1 amide bonds. The number of carbonyl (C=O) groups excluding carboxylic acids is 1. The SMILES string of the molecule is CC12CCCCC1C2C(=O)NN=Cc1ccc2c(c1)OCO2. The Labute approximate surface area is 129 Å². The molecular weight excluding hydrogens is 280 g/mol. The summed E-state index contributed by atoms with van der Waals surface area (Å²) in [6.45, 7) is 2.50. The van der Waals surface area contributed by atoms with E-state index in [1.807, 2.05) is 18.2 Å². The number of hydrogen-bond acceptors (Lipinski definition) is 4. The highest BCUT2D eigenvalue weighted by atomic mass is 16.7. The summed E-state index contributed by atoms with van der Waals surface area (Å²) in [6.07, 6.45) is 6.50. The zero-order valence-corrected chi connectivity index (χ0v) is 12.7. The van der Waals surface area contributed by atoms with Gasteiger partial charge in [0.15, 0.2) is 11.5 Å². The molecule has 4 rings (SSSR count). The van der Waals surface area contributed by atoms with Gasteiger partial charge in [-0.3, -0.25) is 4.79 Å². The van der Waals surface area contributed by atoms with Crippen LogP contribution in [-0.2, 0) is 4.79 Å². The summed E-state index contributed by atoms with van der Waals surface area (Å²) in [5.41, 5.74) is 3.80. The predicted molar refractivity (Wildman–Crippen MR) is 81.9 cm³/mol. The van der Waals surface area contributed by atoms with Crippen molar-refractivity contribution >= 4 is 12.1 Å². The van der Waals surface area contributed by atoms with Crippen LogP contribution in [0.5, 0.6) is 11.5 Å². The third-order valence-electron chi connectivity index (χ3n) is 5.40. The molecule has 2 saturated carbocycles. The second kappa shape index (κ2) is 5.00. The van der Waals surface area contributed by atoms with E-state index in [1.165, 1.54) is 25.7 Å². The van der Waals surface area contributed by atoms with E-state index in [0.29, 0.717) is 5.92 Å². The number of hydrogen-bond donors (Lipinski definition) is 1. The standard InChI is InChI=1S/C17H20N2O3/c1-17-7-3-2-4-12(17)15(17)16(20)19-18-9-11-5-6-13-14(8-11)22-10-21-13/h5-6,8-9,12,15H,2-4,7,10H2,1H3,(H,19,20). The van der Waals surface area contributed by atoms with Crippen LogP contribution in [0.15, 0.2) is 23.3 Å². The first-order valence-electron chi connectivity index (χ1n) is 7.91.